The summed E-state index contributed by atoms with van der Waals surface area (Å²) in [4.78, 5) is 11.9. The van der Waals surface area contributed by atoms with E-state index in [2.05, 4.69) is 0 Å². The van der Waals surface area contributed by atoms with Gasteiger partial charge >= 0.3 is 0 Å². The van der Waals surface area contributed by atoms with Crippen molar-refractivity contribution in [2.24, 2.45) is 47.3 Å². The summed E-state index contributed by atoms with van der Waals surface area (Å²) in [5, 5.41) is 0. The third-order valence-corrected chi connectivity index (χ3v) is 6.05. The lowest BCUT2D eigenvalue weighted by molar-refractivity contribution is -0.174. The number of ketones is 1. The van der Waals surface area contributed by atoms with Crippen molar-refractivity contribution in [3.63, 3.8) is 0 Å². The van der Waals surface area contributed by atoms with E-state index in [4.69, 9.17) is 0 Å². The largest absolute Gasteiger partial charge is 0.299 e. The van der Waals surface area contributed by atoms with Gasteiger partial charge < -0.3 is 0 Å². The van der Waals surface area contributed by atoms with Crippen molar-refractivity contribution in [2.45, 2.75) is 12.3 Å². The summed E-state index contributed by atoms with van der Waals surface area (Å²) < 4.78 is 27.8. The molecule has 5 aliphatic carbocycles. The van der Waals surface area contributed by atoms with Crippen LogP contribution in [0.2, 0.25) is 0 Å². The maximum absolute atomic E-state index is 13.9. The van der Waals surface area contributed by atoms with Crippen molar-refractivity contribution in [3.05, 3.63) is 0 Å². The van der Waals surface area contributed by atoms with Gasteiger partial charge in [-0.05, 0) is 30.1 Å². The highest BCUT2D eigenvalue weighted by Gasteiger charge is 2.89. The molecule has 0 heterocycles. The van der Waals surface area contributed by atoms with Crippen molar-refractivity contribution in [2.75, 3.05) is 0 Å². The number of fused-ring (bicyclic) bond motifs is 2. The lowest BCUT2D eigenvalue weighted by atomic mass is 9.59. The summed E-state index contributed by atoms with van der Waals surface area (Å²) in [6, 6.07) is 0. The fourth-order valence-electron chi connectivity index (χ4n) is 6.07. The number of Topliss-reactive ketones (excluding diaryl/α,β-unsaturated/α-hetero) is 1. The minimum absolute atomic E-state index is 0.214. The molecule has 0 radical (unpaired) electrons. The van der Waals surface area contributed by atoms with Gasteiger partial charge in [0, 0.05) is 23.7 Å². The summed E-state index contributed by atoms with van der Waals surface area (Å²) >= 11 is 0. The van der Waals surface area contributed by atoms with Gasteiger partial charge in [0.25, 0.3) is 5.92 Å². The maximum atomic E-state index is 13.9. The molecule has 2 bridgehead atoms. The zero-order valence-corrected chi connectivity index (χ0v) is 7.49. The molecule has 0 saturated heterocycles. The summed E-state index contributed by atoms with van der Waals surface area (Å²) in [6.45, 7) is 0. The normalized spacial score (nSPS) is 73.4. The smallest absolute Gasteiger partial charge is 0.255 e. The second kappa shape index (κ2) is 1.48. The third-order valence-electron chi connectivity index (χ3n) is 6.05. The Balaban J connectivity index is 1.87. The molecule has 0 N–H and O–H groups in total. The van der Waals surface area contributed by atoms with Gasteiger partial charge in [0.15, 0.2) is 0 Å². The van der Waals surface area contributed by atoms with E-state index in [0.717, 1.165) is 6.42 Å². The van der Waals surface area contributed by atoms with Gasteiger partial charge in [-0.2, -0.15) is 0 Å². The molecule has 8 atom stereocenters. The Bertz CT molecular complexity index is 391. The SMILES string of the molecule is O=C1[C@@H]2[C@H]3C[C@H]4[C@@H]5[C@@H]3[C@@H]1[C@H]5C(F)(F)[C@H]42. The van der Waals surface area contributed by atoms with Gasteiger partial charge in [0.05, 0.1) is 0 Å². The fraction of sp³-hybridized carbons (Fsp3) is 0.909. The number of alkyl halides is 2. The Morgan fingerprint density at radius 3 is 2.64 bits per heavy atom. The number of halogens is 2. The second-order valence-corrected chi connectivity index (χ2v) is 5.90. The molecule has 0 unspecified atom stereocenters. The van der Waals surface area contributed by atoms with Crippen LogP contribution in [0.4, 0.5) is 8.78 Å². The van der Waals surface area contributed by atoms with Crippen molar-refractivity contribution in [1.29, 1.82) is 0 Å². The van der Waals surface area contributed by atoms with Crippen LogP contribution in [0.5, 0.6) is 0 Å². The first-order valence-corrected chi connectivity index (χ1v) is 5.55. The van der Waals surface area contributed by atoms with Gasteiger partial charge in [-0.3, -0.25) is 4.79 Å². The van der Waals surface area contributed by atoms with E-state index in [0.29, 0.717) is 11.8 Å². The molecule has 14 heavy (non-hydrogen) atoms. The molecular weight excluding hydrogens is 186 g/mol. The quantitative estimate of drug-likeness (QED) is 0.575. The predicted molar refractivity (Wildman–Crippen MR) is 42.5 cm³/mol. The minimum atomic E-state index is -2.49. The van der Waals surface area contributed by atoms with Gasteiger partial charge in [0.1, 0.15) is 5.78 Å². The molecule has 5 saturated carbocycles. The van der Waals surface area contributed by atoms with Crippen LogP contribution < -0.4 is 0 Å². The molecule has 0 spiro atoms. The molecule has 5 aliphatic rings. The van der Waals surface area contributed by atoms with Gasteiger partial charge in [-0.1, -0.05) is 0 Å². The molecule has 0 aromatic heterocycles. The highest BCUT2D eigenvalue weighted by atomic mass is 19.3. The van der Waals surface area contributed by atoms with Gasteiger partial charge in [-0.15, -0.1) is 0 Å². The molecule has 1 nitrogen and oxygen atoms in total. The Morgan fingerprint density at radius 2 is 1.86 bits per heavy atom. The standard InChI is InChI=1S/C11H10F2O/c12-11(13)8-3-1-2-4-5(3)9(11)7(4)10(14)6(2)8/h2-9H,1H2/t2-,3-,4+,5+,6+,7+,8+,9-/m0/s1. The van der Waals surface area contributed by atoms with Crippen LogP contribution in [0.3, 0.4) is 0 Å². The van der Waals surface area contributed by atoms with E-state index in [-0.39, 0.29) is 29.5 Å². The highest BCUT2D eigenvalue weighted by molar-refractivity contribution is 5.91. The lowest BCUT2D eigenvalue weighted by Crippen LogP contribution is -2.53. The van der Waals surface area contributed by atoms with Crippen LogP contribution in [-0.2, 0) is 4.79 Å². The van der Waals surface area contributed by atoms with E-state index in [1.807, 2.05) is 0 Å². The second-order valence-electron chi connectivity index (χ2n) is 5.90. The summed E-state index contributed by atoms with van der Waals surface area (Å²) in [5.74, 6) is -2.54. The molecule has 5 rings (SSSR count). The van der Waals surface area contributed by atoms with Crippen molar-refractivity contribution < 1.29 is 13.6 Å². The third kappa shape index (κ3) is 0.361. The number of carbonyl (C=O) groups is 1. The summed E-state index contributed by atoms with van der Waals surface area (Å²) in [6.07, 6.45) is 0.943. The van der Waals surface area contributed by atoms with Crippen molar-refractivity contribution in [3.8, 4) is 0 Å². The predicted octanol–water partition coefficient (Wildman–Crippen LogP) is 1.58. The Hall–Kier alpha value is -0.470. The topological polar surface area (TPSA) is 17.1 Å². The first-order chi connectivity index (χ1) is 6.64. The van der Waals surface area contributed by atoms with Crippen LogP contribution in [0.15, 0.2) is 0 Å². The fourth-order valence-corrected chi connectivity index (χ4v) is 6.07. The highest BCUT2D eigenvalue weighted by Crippen LogP contribution is 2.85. The zero-order chi connectivity index (χ0) is 9.40. The zero-order valence-electron chi connectivity index (χ0n) is 7.49. The minimum Gasteiger partial charge on any atom is -0.299 e. The summed E-state index contributed by atoms with van der Waals surface area (Å²) in [7, 11) is 0. The number of hydrogen-bond donors (Lipinski definition) is 0. The van der Waals surface area contributed by atoms with Crippen LogP contribution >= 0.6 is 0 Å². The lowest BCUT2D eigenvalue weighted by Gasteiger charge is -2.45. The average molecular weight is 196 g/mol. The van der Waals surface area contributed by atoms with Gasteiger partial charge in [-0.25, -0.2) is 8.78 Å². The Morgan fingerprint density at radius 1 is 1.07 bits per heavy atom. The molecule has 74 valence electrons. The van der Waals surface area contributed by atoms with E-state index in [9.17, 15) is 13.6 Å². The van der Waals surface area contributed by atoms with Crippen LogP contribution in [0.1, 0.15) is 6.42 Å². The molecule has 0 amide bonds. The Labute approximate surface area is 79.9 Å². The number of hydrogen-bond acceptors (Lipinski definition) is 1. The first kappa shape index (κ1) is 6.91. The van der Waals surface area contributed by atoms with Crippen LogP contribution in [0, 0.1) is 47.3 Å². The average Bonchev–Trinajstić information content (AvgIpc) is 2.52. The number of rotatable bonds is 0. The Kier molecular flexibility index (Phi) is 0.732. The van der Waals surface area contributed by atoms with Crippen LogP contribution in [0.25, 0.3) is 0 Å². The summed E-state index contributed by atoms with van der Waals surface area (Å²) in [5.41, 5.74) is 0. The van der Waals surface area contributed by atoms with Crippen LogP contribution in [-0.4, -0.2) is 11.7 Å². The maximum Gasteiger partial charge on any atom is 0.255 e. The van der Waals surface area contributed by atoms with E-state index in [1.54, 1.807) is 0 Å². The van der Waals surface area contributed by atoms with Gasteiger partial charge in [0.2, 0.25) is 0 Å². The molecule has 0 aliphatic heterocycles. The van der Waals surface area contributed by atoms with Crippen molar-refractivity contribution >= 4 is 5.78 Å². The molecular formula is C11H10F2O. The molecule has 0 aromatic rings. The van der Waals surface area contributed by atoms with E-state index >= 15 is 0 Å². The number of carbonyl (C=O) groups excluding carboxylic acids is 1. The first-order valence-electron chi connectivity index (χ1n) is 5.55. The monoisotopic (exact) mass is 196 g/mol. The van der Waals surface area contributed by atoms with E-state index in [1.165, 1.54) is 0 Å². The van der Waals surface area contributed by atoms with E-state index < -0.39 is 17.8 Å². The molecule has 5 fully saturated rings. The molecule has 0 aromatic carbocycles. The molecule has 3 heteroatoms. The van der Waals surface area contributed by atoms with Crippen molar-refractivity contribution in [1.82, 2.24) is 0 Å².